The van der Waals surface area contributed by atoms with Crippen LogP contribution in [0.2, 0.25) is 10.0 Å². The van der Waals surface area contributed by atoms with E-state index in [-0.39, 0.29) is 25.0 Å². The lowest BCUT2D eigenvalue weighted by Gasteiger charge is -2.31. The van der Waals surface area contributed by atoms with Gasteiger partial charge in [-0.05, 0) is 67.6 Å². The summed E-state index contributed by atoms with van der Waals surface area (Å²) < 4.78 is 6.84. The molecule has 0 aliphatic heterocycles. The van der Waals surface area contributed by atoms with Crippen LogP contribution in [0.4, 0.5) is 0 Å². The Morgan fingerprint density at radius 1 is 1.12 bits per heavy atom. The minimum atomic E-state index is -0.641. The van der Waals surface area contributed by atoms with Crippen LogP contribution in [-0.2, 0) is 16.1 Å². The number of rotatable bonds is 11. The van der Waals surface area contributed by atoms with Gasteiger partial charge in [-0.25, -0.2) is 0 Å². The number of ether oxygens (including phenoxy) is 1. The third-order valence-corrected chi connectivity index (χ3v) is 7.18. The standard InChI is InChI=1S/C25H31BrCl2N2O3/c1-5-7-10-29-25(32)22(6-2)30(14-18-8-9-19(27)13-21(18)28)23(31)15-33-20-11-16(3)24(26)17(4)12-20/h8-9,11-13,22H,5-7,10,14-15H2,1-4H3,(H,29,32)/t22-/m0/s1. The van der Waals surface area contributed by atoms with Crippen LogP contribution in [0.5, 0.6) is 5.75 Å². The van der Waals surface area contributed by atoms with Crippen molar-refractivity contribution in [3.05, 3.63) is 61.5 Å². The molecule has 0 radical (unpaired) electrons. The molecular formula is C25H31BrCl2N2O3. The number of unbranched alkanes of at least 4 members (excludes halogenated alkanes) is 1. The largest absolute Gasteiger partial charge is 0.484 e. The number of hydrogen-bond acceptors (Lipinski definition) is 3. The number of amides is 2. The first-order valence-corrected chi connectivity index (χ1v) is 12.6. The van der Waals surface area contributed by atoms with Crippen molar-refractivity contribution in [1.82, 2.24) is 10.2 Å². The topological polar surface area (TPSA) is 58.6 Å². The van der Waals surface area contributed by atoms with E-state index in [1.165, 1.54) is 4.90 Å². The zero-order chi connectivity index (χ0) is 24.5. The molecule has 8 heteroatoms. The summed E-state index contributed by atoms with van der Waals surface area (Å²) in [7, 11) is 0. The van der Waals surface area contributed by atoms with Crippen molar-refractivity contribution in [2.24, 2.45) is 0 Å². The summed E-state index contributed by atoms with van der Waals surface area (Å²) in [5, 5.41) is 3.90. The second kappa shape index (κ2) is 13.2. The van der Waals surface area contributed by atoms with Crippen LogP contribution >= 0.6 is 39.1 Å². The third kappa shape index (κ3) is 7.90. The molecule has 5 nitrogen and oxygen atoms in total. The number of benzene rings is 2. The van der Waals surface area contributed by atoms with Gasteiger partial charge in [-0.2, -0.15) is 0 Å². The Morgan fingerprint density at radius 3 is 2.36 bits per heavy atom. The van der Waals surface area contributed by atoms with Crippen molar-refractivity contribution in [2.45, 2.75) is 59.5 Å². The van der Waals surface area contributed by atoms with Crippen LogP contribution in [0.25, 0.3) is 0 Å². The van der Waals surface area contributed by atoms with Gasteiger partial charge in [0.2, 0.25) is 5.91 Å². The van der Waals surface area contributed by atoms with Crippen molar-refractivity contribution >= 4 is 50.9 Å². The zero-order valence-corrected chi connectivity index (χ0v) is 22.6. The molecule has 1 atom stereocenters. The Hall–Kier alpha value is -1.76. The summed E-state index contributed by atoms with van der Waals surface area (Å²) in [5.41, 5.74) is 2.75. The molecule has 2 amide bonds. The van der Waals surface area contributed by atoms with Crippen LogP contribution in [-0.4, -0.2) is 35.9 Å². The predicted octanol–water partition coefficient (Wildman–Crippen LogP) is 6.48. The molecule has 0 unspecified atom stereocenters. The Bertz CT molecular complexity index is 961. The van der Waals surface area contributed by atoms with Gasteiger partial charge in [0.1, 0.15) is 11.8 Å². The fourth-order valence-corrected chi connectivity index (χ4v) is 4.17. The van der Waals surface area contributed by atoms with E-state index >= 15 is 0 Å². The van der Waals surface area contributed by atoms with Crippen LogP contribution < -0.4 is 10.1 Å². The van der Waals surface area contributed by atoms with Gasteiger partial charge in [0.05, 0.1) is 0 Å². The van der Waals surface area contributed by atoms with Crippen molar-refractivity contribution in [1.29, 1.82) is 0 Å². The number of nitrogens with zero attached hydrogens (tertiary/aromatic N) is 1. The molecule has 2 rings (SSSR count). The Labute approximate surface area is 214 Å². The molecule has 0 spiro atoms. The maximum atomic E-state index is 13.3. The number of nitrogens with one attached hydrogen (secondary N) is 1. The fraction of sp³-hybridized carbons (Fsp3) is 0.440. The van der Waals surface area contributed by atoms with Gasteiger partial charge >= 0.3 is 0 Å². The molecule has 0 saturated carbocycles. The quantitative estimate of drug-likeness (QED) is 0.322. The summed E-state index contributed by atoms with van der Waals surface area (Å²) in [4.78, 5) is 27.8. The molecule has 180 valence electrons. The van der Waals surface area contributed by atoms with Crippen molar-refractivity contribution < 1.29 is 14.3 Å². The fourth-order valence-electron chi connectivity index (χ4n) is 3.48. The van der Waals surface area contributed by atoms with Gasteiger partial charge in [-0.3, -0.25) is 9.59 Å². The van der Waals surface area contributed by atoms with E-state index in [1.54, 1.807) is 18.2 Å². The van der Waals surface area contributed by atoms with Gasteiger partial charge in [0, 0.05) is 27.6 Å². The van der Waals surface area contributed by atoms with Gasteiger partial charge in [-0.1, -0.05) is 65.5 Å². The second-order valence-corrected chi connectivity index (χ2v) is 9.62. The smallest absolute Gasteiger partial charge is 0.261 e. The van der Waals surface area contributed by atoms with Gasteiger partial charge < -0.3 is 15.0 Å². The van der Waals surface area contributed by atoms with E-state index in [1.807, 2.05) is 32.9 Å². The van der Waals surface area contributed by atoms with E-state index in [9.17, 15) is 9.59 Å². The molecule has 33 heavy (non-hydrogen) atoms. The first kappa shape index (κ1) is 27.5. The maximum Gasteiger partial charge on any atom is 0.261 e. The van der Waals surface area contributed by atoms with Gasteiger partial charge in [0.15, 0.2) is 6.61 Å². The highest BCUT2D eigenvalue weighted by Crippen LogP contribution is 2.27. The minimum absolute atomic E-state index is 0.177. The number of hydrogen-bond donors (Lipinski definition) is 1. The highest BCUT2D eigenvalue weighted by atomic mass is 79.9. The lowest BCUT2D eigenvalue weighted by molar-refractivity contribution is -0.143. The average molecular weight is 558 g/mol. The van der Waals surface area contributed by atoms with Crippen LogP contribution in [0.3, 0.4) is 0 Å². The van der Waals surface area contributed by atoms with Crippen LogP contribution in [0.1, 0.15) is 49.8 Å². The van der Waals surface area contributed by atoms with E-state index < -0.39 is 6.04 Å². The molecule has 0 aromatic heterocycles. The van der Waals surface area contributed by atoms with E-state index in [0.717, 1.165) is 28.4 Å². The Balaban J connectivity index is 2.25. The number of halogens is 3. The monoisotopic (exact) mass is 556 g/mol. The molecule has 2 aromatic carbocycles. The van der Waals surface area contributed by atoms with Crippen LogP contribution in [0, 0.1) is 13.8 Å². The van der Waals surface area contributed by atoms with Gasteiger partial charge in [0.25, 0.3) is 5.91 Å². The summed E-state index contributed by atoms with van der Waals surface area (Å²) in [6, 6.07) is 8.23. The normalized spacial score (nSPS) is 11.7. The van der Waals surface area contributed by atoms with Crippen molar-refractivity contribution in [3.8, 4) is 5.75 Å². The lowest BCUT2D eigenvalue weighted by atomic mass is 10.1. The molecule has 0 aliphatic rings. The van der Waals surface area contributed by atoms with E-state index in [2.05, 4.69) is 28.2 Å². The Morgan fingerprint density at radius 2 is 1.79 bits per heavy atom. The SMILES string of the molecule is CCCCNC(=O)[C@H](CC)N(Cc1ccc(Cl)cc1Cl)C(=O)COc1cc(C)c(Br)c(C)c1. The van der Waals surface area contributed by atoms with Crippen molar-refractivity contribution in [2.75, 3.05) is 13.2 Å². The number of aryl methyl sites for hydroxylation is 2. The first-order valence-electron chi connectivity index (χ1n) is 11.1. The molecule has 0 saturated heterocycles. The second-order valence-electron chi connectivity index (χ2n) is 7.99. The van der Waals surface area contributed by atoms with E-state index in [4.69, 9.17) is 27.9 Å². The predicted molar refractivity (Wildman–Crippen MR) is 138 cm³/mol. The number of carbonyl (C=O) groups is 2. The highest BCUT2D eigenvalue weighted by molar-refractivity contribution is 9.10. The first-order chi connectivity index (χ1) is 15.7. The molecule has 0 aliphatic carbocycles. The maximum absolute atomic E-state index is 13.3. The zero-order valence-electron chi connectivity index (χ0n) is 19.5. The van der Waals surface area contributed by atoms with E-state index in [0.29, 0.717) is 34.3 Å². The highest BCUT2D eigenvalue weighted by Gasteiger charge is 2.29. The summed E-state index contributed by atoms with van der Waals surface area (Å²) in [6.45, 7) is 8.44. The minimum Gasteiger partial charge on any atom is -0.484 e. The van der Waals surface area contributed by atoms with Crippen molar-refractivity contribution in [3.63, 3.8) is 0 Å². The molecular weight excluding hydrogens is 527 g/mol. The average Bonchev–Trinajstić information content (AvgIpc) is 2.77. The van der Waals surface area contributed by atoms with Gasteiger partial charge in [-0.15, -0.1) is 0 Å². The lowest BCUT2D eigenvalue weighted by Crippen LogP contribution is -2.50. The van der Waals surface area contributed by atoms with Crippen LogP contribution in [0.15, 0.2) is 34.8 Å². The summed E-state index contributed by atoms with van der Waals surface area (Å²) in [6.07, 6.45) is 2.32. The molecule has 0 bridgehead atoms. The molecule has 2 aromatic rings. The molecule has 1 N–H and O–H groups in total. The summed E-state index contributed by atoms with van der Waals surface area (Å²) >= 11 is 15.9. The number of carbonyl (C=O) groups excluding carboxylic acids is 2. The molecule has 0 heterocycles. The Kier molecular flexibility index (Phi) is 11.0. The molecule has 0 fully saturated rings. The summed E-state index contributed by atoms with van der Waals surface area (Å²) in [5.74, 6) is 0.128. The third-order valence-electron chi connectivity index (χ3n) is 5.34.